The molecule has 2 N–H and O–H groups in total. The molecule has 0 aromatic rings. The Hall–Kier alpha value is -0.320. The van der Waals surface area contributed by atoms with Gasteiger partial charge in [-0.05, 0) is 7.05 Å². The maximum Gasteiger partial charge on any atom is 0.304 e. The predicted octanol–water partition coefficient (Wildman–Crippen LogP) is 0.220. The number of carbonyl (C=O) groups is 1. The summed E-state index contributed by atoms with van der Waals surface area (Å²) in [6.07, 6.45) is 1.70. The summed E-state index contributed by atoms with van der Waals surface area (Å²) in [5, 5.41) is 11.7. The van der Waals surface area contributed by atoms with Crippen molar-refractivity contribution < 1.29 is 9.90 Å². The Kier molecular flexibility index (Phi) is 6.94. The smallest absolute Gasteiger partial charge is 0.304 e. The van der Waals surface area contributed by atoms with Crippen LogP contribution in [0.15, 0.2) is 0 Å². The van der Waals surface area contributed by atoms with Crippen molar-refractivity contribution in [3.63, 3.8) is 0 Å². The van der Waals surface area contributed by atoms with Crippen LogP contribution in [-0.4, -0.2) is 55.1 Å². The molecule has 1 heterocycles. The lowest BCUT2D eigenvalue weighted by Crippen LogP contribution is -2.49. The molecule has 5 heteroatoms. The number of rotatable bonds is 2. The summed E-state index contributed by atoms with van der Waals surface area (Å²) in [7, 11) is 2.01. The Morgan fingerprint density at radius 1 is 1.69 bits per heavy atom. The van der Waals surface area contributed by atoms with Gasteiger partial charge in [0.1, 0.15) is 0 Å². The fourth-order valence-corrected chi connectivity index (χ4v) is 1.34. The van der Waals surface area contributed by atoms with Gasteiger partial charge in [-0.15, -0.1) is 11.6 Å². The Labute approximate surface area is 83.9 Å². The Morgan fingerprint density at radius 2 is 2.31 bits per heavy atom. The first-order chi connectivity index (χ1) is 6.18. The highest BCUT2D eigenvalue weighted by atomic mass is 35.5. The number of hydrogen-bond acceptors (Lipinski definition) is 3. The highest BCUT2D eigenvalue weighted by molar-refractivity contribution is 6.15. The second-order valence-electron chi connectivity index (χ2n) is 3.01. The van der Waals surface area contributed by atoms with Crippen molar-refractivity contribution >= 4 is 17.6 Å². The number of alkyl halides is 1. The number of hydrogen-bond donors (Lipinski definition) is 2. The van der Waals surface area contributed by atoms with Gasteiger partial charge in [0.15, 0.2) is 0 Å². The van der Waals surface area contributed by atoms with Gasteiger partial charge < -0.3 is 15.3 Å². The number of likely N-dealkylation sites (N-methyl/N-ethyl adjacent to an activating group) is 1. The number of nitrogens with zero attached hydrogens (tertiary/aromatic N) is 1. The molecule has 1 aliphatic heterocycles. The number of carboxylic acids is 1. The van der Waals surface area contributed by atoms with Crippen LogP contribution >= 0.6 is 11.6 Å². The van der Waals surface area contributed by atoms with Crippen molar-refractivity contribution in [2.75, 3.05) is 33.1 Å². The first-order valence-electron chi connectivity index (χ1n) is 4.20. The quantitative estimate of drug-likeness (QED) is 0.638. The van der Waals surface area contributed by atoms with Crippen LogP contribution in [0, 0.1) is 0 Å². The minimum atomic E-state index is -0.724. The number of halogens is 1. The number of aliphatic carboxylic acids is 1. The maximum absolute atomic E-state index is 10.3. The van der Waals surface area contributed by atoms with Gasteiger partial charge in [0, 0.05) is 32.1 Å². The third-order valence-corrected chi connectivity index (χ3v) is 1.88. The highest BCUT2D eigenvalue weighted by Gasteiger charge is 2.18. The first kappa shape index (κ1) is 12.7. The fourth-order valence-electron chi connectivity index (χ4n) is 1.34. The zero-order chi connectivity index (χ0) is 10.3. The Morgan fingerprint density at radius 3 is 2.77 bits per heavy atom. The van der Waals surface area contributed by atoms with Crippen LogP contribution in [0.25, 0.3) is 0 Å². The Bertz CT molecular complexity index is 155. The summed E-state index contributed by atoms with van der Waals surface area (Å²) in [6.45, 7) is 2.75. The zero-order valence-corrected chi connectivity index (χ0v) is 8.84. The monoisotopic (exact) mass is 208 g/mol. The maximum atomic E-state index is 10.3. The molecule has 1 aliphatic rings. The standard InChI is InChI=1S/C7H14N2O2.CH3Cl/c1-9-3-2-8-6(5-9)4-7(10)11;1-2/h6,8H,2-5H2,1H3,(H,10,11);1H3. The van der Waals surface area contributed by atoms with Gasteiger partial charge >= 0.3 is 5.97 Å². The normalized spacial score (nSPS) is 23.2. The molecule has 0 saturated carbocycles. The van der Waals surface area contributed by atoms with Crippen LogP contribution in [-0.2, 0) is 4.79 Å². The zero-order valence-electron chi connectivity index (χ0n) is 8.09. The molecule has 0 spiro atoms. The minimum absolute atomic E-state index is 0.131. The van der Waals surface area contributed by atoms with Gasteiger partial charge in [0.25, 0.3) is 0 Å². The van der Waals surface area contributed by atoms with Crippen LogP contribution in [0.2, 0.25) is 0 Å². The second-order valence-corrected chi connectivity index (χ2v) is 3.01. The lowest BCUT2D eigenvalue weighted by atomic mass is 10.1. The van der Waals surface area contributed by atoms with E-state index in [4.69, 9.17) is 5.11 Å². The van der Waals surface area contributed by atoms with Crippen LogP contribution in [0.5, 0.6) is 0 Å². The molecule has 0 aliphatic carbocycles. The SMILES string of the molecule is CCl.CN1CCNC(CC(=O)O)C1. The highest BCUT2D eigenvalue weighted by Crippen LogP contribution is 1.99. The molecule has 0 bridgehead atoms. The Balaban J connectivity index is 0.000000671. The topological polar surface area (TPSA) is 52.6 Å². The average Bonchev–Trinajstić information content (AvgIpc) is 2.06. The molecule has 1 saturated heterocycles. The van der Waals surface area contributed by atoms with E-state index in [9.17, 15) is 4.79 Å². The molecule has 1 unspecified atom stereocenters. The van der Waals surface area contributed by atoms with Crippen LogP contribution in [0.3, 0.4) is 0 Å². The summed E-state index contributed by atoms with van der Waals surface area (Å²) in [5.74, 6) is -0.724. The van der Waals surface area contributed by atoms with Gasteiger partial charge in [-0.2, -0.15) is 0 Å². The van der Waals surface area contributed by atoms with Crippen molar-refractivity contribution in [3.8, 4) is 0 Å². The molecule has 1 atom stereocenters. The molecule has 13 heavy (non-hydrogen) atoms. The molecule has 1 rings (SSSR count). The van der Waals surface area contributed by atoms with E-state index in [-0.39, 0.29) is 12.5 Å². The number of piperazine rings is 1. The summed E-state index contributed by atoms with van der Waals surface area (Å²) < 4.78 is 0. The molecular formula is C8H17ClN2O2. The number of carboxylic acid groups (broad SMARTS) is 1. The summed E-state index contributed by atoms with van der Waals surface area (Å²) >= 11 is 4.64. The second kappa shape index (κ2) is 7.12. The molecule has 4 nitrogen and oxygen atoms in total. The van der Waals surface area contributed by atoms with E-state index in [1.807, 2.05) is 7.05 Å². The van der Waals surface area contributed by atoms with Crippen molar-refractivity contribution in [1.82, 2.24) is 10.2 Å². The lowest BCUT2D eigenvalue weighted by molar-refractivity contribution is -0.137. The van der Waals surface area contributed by atoms with Crippen molar-refractivity contribution in [3.05, 3.63) is 0 Å². The van der Waals surface area contributed by atoms with Gasteiger partial charge in [-0.3, -0.25) is 4.79 Å². The van der Waals surface area contributed by atoms with Gasteiger partial charge in [-0.25, -0.2) is 0 Å². The van der Waals surface area contributed by atoms with E-state index < -0.39 is 5.97 Å². The van der Waals surface area contributed by atoms with Crippen molar-refractivity contribution in [1.29, 1.82) is 0 Å². The molecule has 0 radical (unpaired) electrons. The van der Waals surface area contributed by atoms with Crippen molar-refractivity contribution in [2.45, 2.75) is 12.5 Å². The molecule has 1 fully saturated rings. The molecule has 0 amide bonds. The minimum Gasteiger partial charge on any atom is -0.481 e. The average molecular weight is 209 g/mol. The van der Waals surface area contributed by atoms with Gasteiger partial charge in [-0.1, -0.05) is 0 Å². The summed E-state index contributed by atoms with van der Waals surface area (Å²) in [6, 6.07) is 0.131. The van der Waals surface area contributed by atoms with E-state index >= 15 is 0 Å². The van der Waals surface area contributed by atoms with Crippen LogP contribution in [0.1, 0.15) is 6.42 Å². The van der Waals surface area contributed by atoms with E-state index in [1.165, 1.54) is 6.38 Å². The van der Waals surface area contributed by atoms with E-state index in [2.05, 4.69) is 21.8 Å². The molecule has 0 aromatic heterocycles. The third kappa shape index (κ3) is 5.85. The van der Waals surface area contributed by atoms with E-state index in [0.29, 0.717) is 0 Å². The van der Waals surface area contributed by atoms with E-state index in [0.717, 1.165) is 19.6 Å². The molecule has 0 aromatic carbocycles. The first-order valence-corrected chi connectivity index (χ1v) is 4.95. The number of nitrogens with one attached hydrogen (secondary N) is 1. The molecular weight excluding hydrogens is 192 g/mol. The van der Waals surface area contributed by atoms with E-state index in [1.54, 1.807) is 0 Å². The van der Waals surface area contributed by atoms with Gasteiger partial charge in [0.2, 0.25) is 0 Å². The van der Waals surface area contributed by atoms with Crippen molar-refractivity contribution in [2.24, 2.45) is 0 Å². The predicted molar refractivity (Wildman–Crippen MR) is 53.3 cm³/mol. The molecule has 78 valence electrons. The largest absolute Gasteiger partial charge is 0.481 e. The lowest BCUT2D eigenvalue weighted by Gasteiger charge is -2.29. The van der Waals surface area contributed by atoms with Gasteiger partial charge in [0.05, 0.1) is 6.42 Å². The third-order valence-electron chi connectivity index (χ3n) is 1.88. The van der Waals surface area contributed by atoms with Crippen LogP contribution in [0.4, 0.5) is 0 Å². The van der Waals surface area contributed by atoms with Crippen LogP contribution < -0.4 is 5.32 Å². The summed E-state index contributed by atoms with van der Waals surface area (Å²) in [5.41, 5.74) is 0. The fraction of sp³-hybridized carbons (Fsp3) is 0.875. The summed E-state index contributed by atoms with van der Waals surface area (Å²) in [4.78, 5) is 12.5.